The molecule has 1 aliphatic heterocycles. The fourth-order valence-electron chi connectivity index (χ4n) is 1.87. The molecule has 1 saturated heterocycles. The summed E-state index contributed by atoms with van der Waals surface area (Å²) in [7, 11) is 0. The van der Waals surface area contributed by atoms with E-state index >= 15 is 0 Å². The summed E-state index contributed by atoms with van der Waals surface area (Å²) in [6.07, 6.45) is 6.15. The first-order valence-electron chi connectivity index (χ1n) is 5.21. The molecule has 2 heterocycles. The van der Waals surface area contributed by atoms with Gasteiger partial charge >= 0.3 is 0 Å². The van der Waals surface area contributed by atoms with Crippen LogP contribution in [0.25, 0.3) is 0 Å². The van der Waals surface area contributed by atoms with Crippen LogP contribution >= 0.6 is 0 Å². The van der Waals surface area contributed by atoms with Crippen LogP contribution in [0.2, 0.25) is 0 Å². The van der Waals surface area contributed by atoms with Crippen molar-refractivity contribution in [3.05, 3.63) is 29.8 Å². The molecule has 14 heavy (non-hydrogen) atoms. The van der Waals surface area contributed by atoms with Crippen molar-refractivity contribution in [2.45, 2.75) is 31.7 Å². The number of rotatable bonds is 1. The highest BCUT2D eigenvalue weighted by Gasteiger charge is 2.14. The highest BCUT2D eigenvalue weighted by Crippen LogP contribution is 2.20. The Hall–Kier alpha value is -0.960. The van der Waals surface area contributed by atoms with Crippen molar-refractivity contribution in [2.24, 2.45) is 0 Å². The van der Waals surface area contributed by atoms with Crippen molar-refractivity contribution in [3.8, 4) is 0 Å². The van der Waals surface area contributed by atoms with Crippen LogP contribution in [-0.2, 0) is 0 Å². The Labute approximate surface area is 83.6 Å². The predicted molar refractivity (Wildman–Crippen MR) is 53.4 cm³/mol. The van der Waals surface area contributed by atoms with E-state index in [-0.39, 0.29) is 5.82 Å². The third-order valence-electron chi connectivity index (χ3n) is 2.67. The van der Waals surface area contributed by atoms with E-state index in [1.807, 2.05) is 0 Å². The monoisotopic (exact) mass is 194 g/mol. The van der Waals surface area contributed by atoms with E-state index in [0.29, 0.717) is 6.04 Å². The van der Waals surface area contributed by atoms with Crippen molar-refractivity contribution in [3.63, 3.8) is 0 Å². The maximum Gasteiger partial charge on any atom is 0.141 e. The van der Waals surface area contributed by atoms with E-state index in [4.69, 9.17) is 0 Å². The fourth-order valence-corrected chi connectivity index (χ4v) is 1.87. The molecule has 1 unspecified atom stereocenters. The molecule has 0 radical (unpaired) electrons. The molecule has 1 fully saturated rings. The first-order valence-corrected chi connectivity index (χ1v) is 5.21. The Morgan fingerprint density at radius 1 is 1.29 bits per heavy atom. The minimum atomic E-state index is -0.262. The summed E-state index contributed by atoms with van der Waals surface area (Å²) in [5.74, 6) is -0.262. The lowest BCUT2D eigenvalue weighted by Crippen LogP contribution is -2.21. The van der Waals surface area contributed by atoms with Crippen LogP contribution in [0.15, 0.2) is 18.3 Å². The summed E-state index contributed by atoms with van der Waals surface area (Å²) in [6.45, 7) is 1.05. The minimum Gasteiger partial charge on any atom is -0.309 e. The second-order valence-corrected chi connectivity index (χ2v) is 3.76. The number of pyridine rings is 1. The van der Waals surface area contributed by atoms with Gasteiger partial charge in [0.25, 0.3) is 0 Å². The maximum absolute atomic E-state index is 12.7. The Bertz CT molecular complexity index is 276. The van der Waals surface area contributed by atoms with Crippen LogP contribution in [0.5, 0.6) is 0 Å². The molecule has 76 valence electrons. The molecule has 1 aromatic rings. The van der Waals surface area contributed by atoms with Gasteiger partial charge in [-0.05, 0) is 31.5 Å². The van der Waals surface area contributed by atoms with E-state index in [0.717, 1.165) is 18.7 Å². The number of nitrogens with one attached hydrogen (secondary N) is 1. The Morgan fingerprint density at radius 2 is 2.21 bits per heavy atom. The second kappa shape index (κ2) is 4.51. The topological polar surface area (TPSA) is 24.9 Å². The van der Waals surface area contributed by atoms with Gasteiger partial charge in [-0.25, -0.2) is 4.39 Å². The lowest BCUT2D eigenvalue weighted by Gasteiger charge is -2.14. The van der Waals surface area contributed by atoms with Crippen LogP contribution in [0.3, 0.4) is 0 Å². The molecule has 2 rings (SSSR count). The average molecular weight is 194 g/mol. The van der Waals surface area contributed by atoms with Crippen LogP contribution in [0.4, 0.5) is 4.39 Å². The molecule has 0 saturated carbocycles. The quantitative estimate of drug-likeness (QED) is 0.742. The normalized spacial score (nSPS) is 23.1. The summed E-state index contributed by atoms with van der Waals surface area (Å²) in [6, 6.07) is 3.57. The van der Waals surface area contributed by atoms with Crippen LogP contribution in [0, 0.1) is 5.82 Å². The Morgan fingerprint density at radius 3 is 3.00 bits per heavy atom. The summed E-state index contributed by atoms with van der Waals surface area (Å²) >= 11 is 0. The van der Waals surface area contributed by atoms with Gasteiger partial charge in [-0.1, -0.05) is 12.8 Å². The number of nitrogens with zero attached hydrogens (tertiary/aromatic N) is 1. The number of halogens is 1. The third kappa shape index (κ3) is 2.29. The lowest BCUT2D eigenvalue weighted by atomic mass is 10.1. The van der Waals surface area contributed by atoms with Crippen LogP contribution < -0.4 is 5.32 Å². The molecule has 0 bridgehead atoms. The molecule has 0 spiro atoms. The van der Waals surface area contributed by atoms with E-state index < -0.39 is 0 Å². The van der Waals surface area contributed by atoms with E-state index in [1.54, 1.807) is 6.07 Å². The standard InChI is InChI=1S/C11H15FN2/c12-9-5-6-11(14-8-9)10-4-2-1-3-7-13-10/h5-6,8,10,13H,1-4,7H2. The van der Waals surface area contributed by atoms with Gasteiger partial charge < -0.3 is 5.32 Å². The number of hydrogen-bond acceptors (Lipinski definition) is 2. The third-order valence-corrected chi connectivity index (χ3v) is 2.67. The molecule has 1 aliphatic rings. The van der Waals surface area contributed by atoms with Gasteiger partial charge in [-0.3, -0.25) is 4.98 Å². The second-order valence-electron chi connectivity index (χ2n) is 3.76. The molecule has 0 amide bonds. The Kier molecular flexibility index (Phi) is 3.09. The summed E-state index contributed by atoms with van der Waals surface area (Å²) in [5.41, 5.74) is 0.966. The lowest BCUT2D eigenvalue weighted by molar-refractivity contribution is 0.518. The SMILES string of the molecule is Fc1ccc(C2CCCCCN2)nc1. The van der Waals surface area contributed by atoms with Gasteiger partial charge in [0.1, 0.15) is 5.82 Å². The fraction of sp³-hybridized carbons (Fsp3) is 0.545. The Balaban J connectivity index is 2.08. The molecular formula is C11H15FN2. The highest BCUT2D eigenvalue weighted by molar-refractivity contribution is 5.10. The first-order chi connectivity index (χ1) is 6.86. The highest BCUT2D eigenvalue weighted by atomic mass is 19.1. The predicted octanol–water partition coefficient (Wildman–Crippen LogP) is 2.43. The number of hydrogen-bond donors (Lipinski definition) is 1. The molecule has 1 N–H and O–H groups in total. The van der Waals surface area contributed by atoms with Crippen molar-refractivity contribution in [1.29, 1.82) is 0 Å². The van der Waals surface area contributed by atoms with E-state index in [1.165, 1.54) is 31.5 Å². The smallest absolute Gasteiger partial charge is 0.141 e. The van der Waals surface area contributed by atoms with Crippen LogP contribution in [-0.4, -0.2) is 11.5 Å². The molecular weight excluding hydrogens is 179 g/mol. The summed E-state index contributed by atoms with van der Waals surface area (Å²) < 4.78 is 12.7. The van der Waals surface area contributed by atoms with Crippen molar-refractivity contribution in [2.75, 3.05) is 6.54 Å². The molecule has 3 heteroatoms. The van der Waals surface area contributed by atoms with Gasteiger partial charge in [0.05, 0.1) is 11.9 Å². The molecule has 1 atom stereocenters. The summed E-state index contributed by atoms with van der Waals surface area (Å²) in [4.78, 5) is 4.11. The van der Waals surface area contributed by atoms with Crippen molar-refractivity contribution < 1.29 is 4.39 Å². The zero-order chi connectivity index (χ0) is 9.80. The molecule has 2 nitrogen and oxygen atoms in total. The zero-order valence-corrected chi connectivity index (χ0v) is 8.17. The van der Waals surface area contributed by atoms with E-state index in [9.17, 15) is 4.39 Å². The maximum atomic E-state index is 12.7. The van der Waals surface area contributed by atoms with Gasteiger partial charge in [0.15, 0.2) is 0 Å². The van der Waals surface area contributed by atoms with Gasteiger partial charge in [-0.15, -0.1) is 0 Å². The molecule has 1 aromatic heterocycles. The number of aromatic nitrogens is 1. The summed E-state index contributed by atoms with van der Waals surface area (Å²) in [5, 5.41) is 3.43. The first kappa shape index (κ1) is 9.59. The zero-order valence-electron chi connectivity index (χ0n) is 8.17. The van der Waals surface area contributed by atoms with E-state index in [2.05, 4.69) is 10.3 Å². The average Bonchev–Trinajstić information content (AvgIpc) is 2.47. The molecule has 0 aliphatic carbocycles. The van der Waals surface area contributed by atoms with Gasteiger partial charge in [-0.2, -0.15) is 0 Å². The molecule has 0 aromatic carbocycles. The van der Waals surface area contributed by atoms with Crippen LogP contribution in [0.1, 0.15) is 37.4 Å². The van der Waals surface area contributed by atoms with Crippen molar-refractivity contribution >= 4 is 0 Å². The van der Waals surface area contributed by atoms with Gasteiger partial charge in [0.2, 0.25) is 0 Å². The minimum absolute atomic E-state index is 0.262. The van der Waals surface area contributed by atoms with Crippen molar-refractivity contribution in [1.82, 2.24) is 10.3 Å². The van der Waals surface area contributed by atoms with Gasteiger partial charge in [0, 0.05) is 6.04 Å². The largest absolute Gasteiger partial charge is 0.309 e.